The molecule has 5 heteroatoms. The minimum absolute atomic E-state index is 0.232. The van der Waals surface area contributed by atoms with Gasteiger partial charge in [-0.2, -0.15) is 0 Å². The lowest BCUT2D eigenvalue weighted by atomic mass is 10.2. The topological polar surface area (TPSA) is 20.2 Å². The molecule has 0 radical (unpaired) electrons. The highest BCUT2D eigenvalue weighted by Crippen LogP contribution is 2.45. The zero-order valence-electron chi connectivity index (χ0n) is 5.69. The molecule has 0 spiro atoms. The number of benzene rings is 1. The normalized spacial score (nSPS) is 11.7. The Kier molecular flexibility index (Phi) is 3.66. The van der Waals surface area contributed by atoms with Gasteiger partial charge in [-0.3, -0.25) is 0 Å². The molecule has 0 aromatic heterocycles. The fraction of sp³-hybridized carbons (Fsp3) is 0.143. The molecule has 1 aromatic carbocycles. The first kappa shape index (κ1) is 11.0. The Morgan fingerprint density at radius 3 is 2.17 bits per heavy atom. The molecule has 0 unspecified atom stereocenters. The van der Waals surface area contributed by atoms with Gasteiger partial charge in [0.2, 0.25) is 0 Å². The van der Waals surface area contributed by atoms with Crippen molar-refractivity contribution >= 4 is 63.7 Å². The van der Waals surface area contributed by atoms with Crippen LogP contribution < -0.4 is 0 Å². The van der Waals surface area contributed by atoms with Crippen molar-refractivity contribution in [2.24, 2.45) is 0 Å². The second-order valence-electron chi connectivity index (χ2n) is 2.16. The monoisotopic (exact) mass is 420 g/mol. The van der Waals surface area contributed by atoms with Crippen LogP contribution >= 0.6 is 63.7 Å². The van der Waals surface area contributed by atoms with Gasteiger partial charge in [0, 0.05) is 0 Å². The summed E-state index contributed by atoms with van der Waals surface area (Å²) < 4.78 is 0.242. The van der Waals surface area contributed by atoms with E-state index in [0.717, 1.165) is 5.56 Å². The Bertz CT molecular complexity index is 292. The van der Waals surface area contributed by atoms with E-state index in [1.165, 1.54) is 0 Å². The molecular weight excluding hydrogens is 420 g/mol. The van der Waals surface area contributed by atoms with Gasteiger partial charge < -0.3 is 5.11 Å². The number of rotatable bonds is 0. The lowest BCUT2D eigenvalue weighted by Gasteiger charge is -2.12. The van der Waals surface area contributed by atoms with E-state index in [2.05, 4.69) is 63.7 Å². The maximum Gasteiger partial charge on any atom is 0.159 e. The number of alkyl halides is 3. The summed E-state index contributed by atoms with van der Waals surface area (Å²) in [5, 5.41) is 9.22. The van der Waals surface area contributed by atoms with Crippen LogP contribution in [0, 0.1) is 0 Å². The number of hydrogen-bond acceptors (Lipinski definition) is 1. The standard InChI is InChI=1S/C7H4Br4O/c8-5-3-4(7(9,10)11)1-2-6(5)12/h1-3,12H. The molecule has 0 saturated carbocycles. The van der Waals surface area contributed by atoms with Gasteiger partial charge in [-0.15, -0.1) is 0 Å². The molecule has 0 fully saturated rings. The first-order valence-corrected chi connectivity index (χ1v) is 6.14. The third-order valence-corrected chi connectivity index (χ3v) is 3.28. The molecule has 1 nitrogen and oxygen atoms in total. The average Bonchev–Trinajstić information content (AvgIpc) is 1.92. The quantitative estimate of drug-likeness (QED) is 0.611. The number of hydrogen-bond donors (Lipinski definition) is 1. The Hall–Kier alpha value is 0.940. The summed E-state index contributed by atoms with van der Waals surface area (Å²) >= 11 is 13.4. The van der Waals surface area contributed by atoms with E-state index < -0.39 is 2.14 Å². The second kappa shape index (κ2) is 3.98. The van der Waals surface area contributed by atoms with Crippen LogP contribution in [0.15, 0.2) is 22.7 Å². The van der Waals surface area contributed by atoms with Gasteiger partial charge >= 0.3 is 0 Å². The summed E-state index contributed by atoms with van der Waals surface area (Å²) in [4.78, 5) is 0. The van der Waals surface area contributed by atoms with Crippen molar-refractivity contribution in [3.63, 3.8) is 0 Å². The van der Waals surface area contributed by atoms with E-state index in [1.54, 1.807) is 12.1 Å². The summed E-state index contributed by atoms with van der Waals surface area (Å²) in [7, 11) is 0. The van der Waals surface area contributed by atoms with Crippen LogP contribution in [0.2, 0.25) is 0 Å². The van der Waals surface area contributed by atoms with Crippen LogP contribution in [0.25, 0.3) is 0 Å². The lowest BCUT2D eigenvalue weighted by Crippen LogP contribution is -1.96. The van der Waals surface area contributed by atoms with E-state index in [9.17, 15) is 5.11 Å². The first-order valence-electron chi connectivity index (χ1n) is 2.97. The molecule has 0 bridgehead atoms. The molecular formula is C7H4Br4O. The zero-order chi connectivity index (χ0) is 9.35. The van der Waals surface area contributed by atoms with Gasteiger partial charge in [-0.05, 0) is 33.6 Å². The third kappa shape index (κ3) is 2.72. The SMILES string of the molecule is Oc1ccc(C(Br)(Br)Br)cc1Br. The Balaban J connectivity index is 3.14. The van der Waals surface area contributed by atoms with E-state index in [-0.39, 0.29) is 5.75 Å². The van der Waals surface area contributed by atoms with Gasteiger partial charge in [0.1, 0.15) is 5.75 Å². The highest BCUT2D eigenvalue weighted by atomic mass is 80.0. The maximum absolute atomic E-state index is 9.22. The van der Waals surface area contributed by atoms with Gasteiger partial charge in [0.05, 0.1) is 4.47 Å². The highest BCUT2D eigenvalue weighted by molar-refractivity contribution is 9.38. The lowest BCUT2D eigenvalue weighted by molar-refractivity contribution is 0.471. The van der Waals surface area contributed by atoms with Crippen molar-refractivity contribution in [3.8, 4) is 5.75 Å². The van der Waals surface area contributed by atoms with E-state index in [1.807, 2.05) is 6.07 Å². The van der Waals surface area contributed by atoms with Crippen molar-refractivity contribution in [1.29, 1.82) is 0 Å². The Morgan fingerprint density at radius 1 is 1.17 bits per heavy atom. The average molecular weight is 424 g/mol. The zero-order valence-corrected chi connectivity index (χ0v) is 12.0. The molecule has 1 aromatic rings. The molecule has 1 N–H and O–H groups in total. The Morgan fingerprint density at radius 2 is 1.75 bits per heavy atom. The molecule has 66 valence electrons. The van der Waals surface area contributed by atoms with Crippen molar-refractivity contribution in [3.05, 3.63) is 28.2 Å². The summed E-state index contributed by atoms with van der Waals surface area (Å²) in [6.07, 6.45) is 0. The smallest absolute Gasteiger partial charge is 0.159 e. The van der Waals surface area contributed by atoms with Crippen LogP contribution in [-0.4, -0.2) is 5.11 Å². The van der Waals surface area contributed by atoms with Crippen molar-refractivity contribution < 1.29 is 5.11 Å². The van der Waals surface area contributed by atoms with Gasteiger partial charge in [-0.1, -0.05) is 53.9 Å². The molecule has 1 rings (SSSR count). The molecule has 0 aliphatic heterocycles. The summed E-state index contributed by atoms with van der Waals surface area (Å²) in [5.41, 5.74) is 0.965. The molecule has 0 saturated heterocycles. The molecule has 12 heavy (non-hydrogen) atoms. The van der Waals surface area contributed by atoms with Gasteiger partial charge in [0.25, 0.3) is 0 Å². The van der Waals surface area contributed by atoms with E-state index >= 15 is 0 Å². The summed E-state index contributed by atoms with van der Waals surface area (Å²) in [5.74, 6) is 0.232. The molecule has 0 amide bonds. The number of phenolic OH excluding ortho intramolecular Hbond substituents is 1. The molecule has 0 heterocycles. The van der Waals surface area contributed by atoms with Crippen LogP contribution in [0.4, 0.5) is 0 Å². The van der Waals surface area contributed by atoms with E-state index in [4.69, 9.17) is 0 Å². The molecule has 0 atom stereocenters. The van der Waals surface area contributed by atoms with Gasteiger partial charge in [-0.25, -0.2) is 0 Å². The van der Waals surface area contributed by atoms with E-state index in [0.29, 0.717) is 4.47 Å². The fourth-order valence-electron chi connectivity index (χ4n) is 0.683. The van der Waals surface area contributed by atoms with Crippen LogP contribution in [-0.2, 0) is 2.14 Å². The van der Waals surface area contributed by atoms with Crippen molar-refractivity contribution in [2.45, 2.75) is 2.14 Å². The van der Waals surface area contributed by atoms with Gasteiger partial charge in [0.15, 0.2) is 2.14 Å². The highest BCUT2D eigenvalue weighted by Gasteiger charge is 2.21. The first-order chi connectivity index (χ1) is 5.41. The van der Waals surface area contributed by atoms with Crippen molar-refractivity contribution in [2.75, 3.05) is 0 Å². The number of halogens is 4. The van der Waals surface area contributed by atoms with Crippen LogP contribution in [0.5, 0.6) is 5.75 Å². The summed E-state index contributed by atoms with van der Waals surface area (Å²) in [6.45, 7) is 0. The Labute approximate surface area is 104 Å². The molecule has 0 aliphatic rings. The molecule has 0 aliphatic carbocycles. The number of aromatic hydroxyl groups is 1. The van der Waals surface area contributed by atoms with Crippen molar-refractivity contribution in [1.82, 2.24) is 0 Å². The predicted molar refractivity (Wildman–Crippen MR) is 64.3 cm³/mol. The van der Waals surface area contributed by atoms with Crippen LogP contribution in [0.1, 0.15) is 5.56 Å². The summed E-state index contributed by atoms with van der Waals surface area (Å²) in [6, 6.07) is 5.24. The largest absolute Gasteiger partial charge is 0.507 e. The fourth-order valence-corrected chi connectivity index (χ4v) is 1.80. The minimum atomic E-state index is -0.427. The maximum atomic E-state index is 9.22. The second-order valence-corrected chi connectivity index (χ2v) is 9.78. The third-order valence-electron chi connectivity index (χ3n) is 1.28. The van der Waals surface area contributed by atoms with Crippen LogP contribution in [0.3, 0.4) is 0 Å². The predicted octanol–water partition coefficient (Wildman–Crippen LogP) is 4.45. The minimum Gasteiger partial charge on any atom is -0.507 e. The number of phenols is 1.